The Morgan fingerprint density at radius 1 is 1.00 bits per heavy atom. The molecule has 0 aromatic heterocycles. The molecule has 0 aliphatic heterocycles. The molecule has 0 heterocycles. The minimum Gasteiger partial charge on any atom is -0.466 e. The highest BCUT2D eigenvalue weighted by Crippen LogP contribution is 2.24. The molecule has 194 valence electrons. The second kappa shape index (κ2) is 13.2. The molecule has 2 N–H and O–H groups in total. The number of amides is 1. The van der Waals surface area contributed by atoms with Gasteiger partial charge in [-0.1, -0.05) is 12.1 Å². The molecule has 0 aliphatic rings. The van der Waals surface area contributed by atoms with Crippen molar-refractivity contribution in [2.75, 3.05) is 24.4 Å². The Labute approximate surface area is 208 Å². The highest BCUT2D eigenvalue weighted by molar-refractivity contribution is 7.91. The molecule has 1 amide bonds. The monoisotopic (exact) mass is 521 g/mol. The summed E-state index contributed by atoms with van der Waals surface area (Å²) in [5.74, 6) is -2.40. The Hall–Kier alpha value is -4.00. The van der Waals surface area contributed by atoms with Gasteiger partial charge >= 0.3 is 11.9 Å². The van der Waals surface area contributed by atoms with Gasteiger partial charge in [0.25, 0.3) is 11.6 Å². The van der Waals surface area contributed by atoms with E-state index in [1.165, 1.54) is 36.4 Å². The number of nitro groups is 1. The molecule has 36 heavy (non-hydrogen) atoms. The van der Waals surface area contributed by atoms with E-state index < -0.39 is 55.1 Å². The molecule has 2 aromatic rings. The number of carbonyl (C=O) groups is 3. The first-order valence-corrected chi connectivity index (χ1v) is 12.7. The first kappa shape index (κ1) is 28.2. The molecule has 0 aliphatic carbocycles. The number of nitrogens with one attached hydrogen (secondary N) is 2. The van der Waals surface area contributed by atoms with Crippen LogP contribution in [0.15, 0.2) is 53.4 Å². The molecule has 12 nitrogen and oxygen atoms in total. The van der Waals surface area contributed by atoms with Crippen LogP contribution in [0.1, 0.15) is 37.0 Å². The molecule has 0 saturated heterocycles. The highest BCUT2D eigenvalue weighted by atomic mass is 32.2. The lowest BCUT2D eigenvalue weighted by atomic mass is 10.1. The van der Waals surface area contributed by atoms with Crippen LogP contribution < -0.4 is 10.6 Å². The Balaban J connectivity index is 2.05. The zero-order chi connectivity index (χ0) is 26.7. The summed E-state index contributed by atoms with van der Waals surface area (Å²) in [5.41, 5.74) is -0.00377. The average Bonchev–Trinajstić information content (AvgIpc) is 2.85. The summed E-state index contributed by atoms with van der Waals surface area (Å²) < 4.78 is 35.0. The maximum atomic E-state index is 12.6. The summed E-state index contributed by atoms with van der Waals surface area (Å²) in [6, 6.07) is 9.67. The Kier molecular flexibility index (Phi) is 10.3. The van der Waals surface area contributed by atoms with E-state index in [1.807, 2.05) is 0 Å². The summed E-state index contributed by atoms with van der Waals surface area (Å²) in [5, 5.41) is 16.3. The molecule has 2 rings (SSSR count). The van der Waals surface area contributed by atoms with Gasteiger partial charge in [-0.05, 0) is 50.6 Å². The van der Waals surface area contributed by atoms with E-state index in [9.17, 15) is 32.9 Å². The van der Waals surface area contributed by atoms with Crippen molar-refractivity contribution >= 4 is 39.1 Å². The summed E-state index contributed by atoms with van der Waals surface area (Å²) in [6.45, 7) is 3.56. The van der Waals surface area contributed by atoms with Gasteiger partial charge in [0, 0.05) is 23.7 Å². The van der Waals surface area contributed by atoms with Crippen LogP contribution in [0.2, 0.25) is 0 Å². The highest BCUT2D eigenvalue weighted by Gasteiger charge is 2.26. The van der Waals surface area contributed by atoms with Gasteiger partial charge in [0.15, 0.2) is 0 Å². The van der Waals surface area contributed by atoms with E-state index >= 15 is 0 Å². The number of anilines is 1. The predicted molar refractivity (Wildman–Crippen MR) is 129 cm³/mol. The quantitative estimate of drug-likeness (QED) is 0.227. The molecule has 1 atom stereocenters. The van der Waals surface area contributed by atoms with Crippen molar-refractivity contribution in [1.29, 1.82) is 0 Å². The van der Waals surface area contributed by atoms with Crippen LogP contribution in [0.3, 0.4) is 0 Å². The topological polar surface area (TPSA) is 171 Å². The Morgan fingerprint density at radius 2 is 1.64 bits per heavy atom. The smallest absolute Gasteiger partial charge is 0.328 e. The number of para-hydroxylation sites is 1. The van der Waals surface area contributed by atoms with Gasteiger partial charge in [0.2, 0.25) is 9.84 Å². The molecular formula is C23H27N3O9S. The average molecular weight is 522 g/mol. The van der Waals surface area contributed by atoms with Gasteiger partial charge in [-0.2, -0.15) is 0 Å². The van der Waals surface area contributed by atoms with Gasteiger partial charge < -0.3 is 20.1 Å². The lowest BCUT2D eigenvalue weighted by Crippen LogP contribution is -2.42. The standard InChI is InChI=1S/C23H27N3O9S/c1-3-34-21(27)14-13-18(23(29)35-4-2)25-22(28)16-9-11-17(12-10-16)24-15-36(32,33)20-8-6-5-7-19(20)26(30)31/h5-12,18,24H,3-4,13-15H2,1-2H3,(H,25,28)/t18-/m0/s1. The molecule has 0 radical (unpaired) electrons. The zero-order valence-electron chi connectivity index (χ0n) is 19.8. The van der Waals surface area contributed by atoms with Crippen LogP contribution in [0, 0.1) is 10.1 Å². The van der Waals surface area contributed by atoms with Crippen LogP contribution in [0.5, 0.6) is 0 Å². The fraction of sp³-hybridized carbons (Fsp3) is 0.348. The molecule has 0 fully saturated rings. The van der Waals surface area contributed by atoms with Crippen molar-refractivity contribution in [1.82, 2.24) is 5.32 Å². The number of carbonyl (C=O) groups excluding carboxylic acids is 3. The first-order chi connectivity index (χ1) is 17.1. The van der Waals surface area contributed by atoms with Gasteiger partial charge in [0.1, 0.15) is 16.8 Å². The third-order valence-corrected chi connectivity index (χ3v) is 6.37. The minimum atomic E-state index is -4.03. The molecule has 0 bridgehead atoms. The van der Waals surface area contributed by atoms with E-state index in [1.54, 1.807) is 13.8 Å². The fourth-order valence-corrected chi connectivity index (χ4v) is 4.35. The number of nitro benzene ring substituents is 1. The maximum Gasteiger partial charge on any atom is 0.328 e. The van der Waals surface area contributed by atoms with E-state index in [4.69, 9.17) is 9.47 Å². The van der Waals surface area contributed by atoms with Crippen molar-refractivity contribution in [3.63, 3.8) is 0 Å². The van der Waals surface area contributed by atoms with E-state index in [0.29, 0.717) is 5.69 Å². The van der Waals surface area contributed by atoms with E-state index in [0.717, 1.165) is 12.1 Å². The summed E-state index contributed by atoms with van der Waals surface area (Å²) in [7, 11) is -4.03. The SMILES string of the molecule is CCOC(=O)CC[C@H](NC(=O)c1ccc(NCS(=O)(=O)c2ccccc2[N+](=O)[O-])cc1)C(=O)OCC. The van der Waals surface area contributed by atoms with Crippen molar-refractivity contribution in [2.45, 2.75) is 37.6 Å². The van der Waals surface area contributed by atoms with E-state index in [2.05, 4.69) is 10.6 Å². The molecule has 0 saturated carbocycles. The third-order valence-electron chi connectivity index (χ3n) is 4.83. The fourth-order valence-electron chi connectivity index (χ4n) is 3.10. The number of sulfone groups is 1. The molecule has 13 heteroatoms. The van der Waals surface area contributed by atoms with Crippen LogP contribution in [0.25, 0.3) is 0 Å². The molecule has 0 unspecified atom stereocenters. The second-order valence-corrected chi connectivity index (χ2v) is 9.32. The lowest BCUT2D eigenvalue weighted by molar-refractivity contribution is -0.387. The largest absolute Gasteiger partial charge is 0.466 e. The van der Waals surface area contributed by atoms with Crippen molar-refractivity contribution in [3.8, 4) is 0 Å². The van der Waals surface area contributed by atoms with E-state index in [-0.39, 0.29) is 31.6 Å². The van der Waals surface area contributed by atoms with Crippen molar-refractivity contribution in [2.24, 2.45) is 0 Å². The number of hydrogen-bond acceptors (Lipinski definition) is 10. The Bertz CT molecular complexity index is 1200. The lowest BCUT2D eigenvalue weighted by Gasteiger charge is -2.17. The number of hydrogen-bond donors (Lipinski definition) is 2. The number of ether oxygens (including phenoxy) is 2. The van der Waals surface area contributed by atoms with Gasteiger partial charge in [-0.15, -0.1) is 0 Å². The normalized spacial score (nSPS) is 11.7. The van der Waals surface area contributed by atoms with Crippen molar-refractivity contribution in [3.05, 3.63) is 64.2 Å². The zero-order valence-corrected chi connectivity index (χ0v) is 20.6. The van der Waals surface area contributed by atoms with Crippen LogP contribution in [-0.2, 0) is 28.9 Å². The van der Waals surface area contributed by atoms with Gasteiger partial charge in [0.05, 0.1) is 18.1 Å². The molecule has 2 aromatic carbocycles. The molecular weight excluding hydrogens is 494 g/mol. The number of rotatable bonds is 13. The number of nitrogens with zero attached hydrogens (tertiary/aromatic N) is 1. The third kappa shape index (κ3) is 8.05. The summed E-state index contributed by atoms with van der Waals surface area (Å²) in [4.78, 5) is 46.4. The number of esters is 2. The summed E-state index contributed by atoms with van der Waals surface area (Å²) >= 11 is 0. The van der Waals surface area contributed by atoms with Crippen molar-refractivity contribution < 1.29 is 37.2 Å². The second-order valence-electron chi connectivity index (χ2n) is 7.36. The molecule has 0 spiro atoms. The maximum absolute atomic E-state index is 12.6. The number of benzene rings is 2. The predicted octanol–water partition coefficient (Wildman–Crippen LogP) is 2.44. The van der Waals surface area contributed by atoms with Crippen LogP contribution in [-0.4, -0.2) is 56.3 Å². The van der Waals surface area contributed by atoms with Gasteiger partial charge in [-0.25, -0.2) is 13.2 Å². The van der Waals surface area contributed by atoms with Crippen LogP contribution in [0.4, 0.5) is 11.4 Å². The summed E-state index contributed by atoms with van der Waals surface area (Å²) in [6.07, 6.45) is -0.0962. The van der Waals surface area contributed by atoms with Gasteiger partial charge in [-0.3, -0.25) is 19.7 Å². The van der Waals surface area contributed by atoms with Crippen LogP contribution >= 0.6 is 0 Å². The Morgan fingerprint density at radius 3 is 2.25 bits per heavy atom. The first-order valence-electron chi connectivity index (χ1n) is 11.0. The minimum absolute atomic E-state index is 0.00741.